The van der Waals surface area contributed by atoms with Gasteiger partial charge in [0.05, 0.1) is 0 Å². The standard InChI is InChI=1S/C14H23NO/c1-3-13(4-2)15-14-9-5-7-12(11-14)8-6-10-16/h5,7,9,11,13,15-16H,3-4,6,8,10H2,1-2H3. The maximum absolute atomic E-state index is 8.80. The van der Waals surface area contributed by atoms with Crippen molar-refractivity contribution in [2.24, 2.45) is 0 Å². The summed E-state index contributed by atoms with van der Waals surface area (Å²) in [7, 11) is 0. The van der Waals surface area contributed by atoms with Crippen LogP contribution in [0.1, 0.15) is 38.7 Å². The number of anilines is 1. The van der Waals surface area contributed by atoms with Gasteiger partial charge in [0.2, 0.25) is 0 Å². The third-order valence-corrected chi connectivity index (χ3v) is 2.91. The van der Waals surface area contributed by atoms with Crippen LogP contribution in [0.5, 0.6) is 0 Å². The highest BCUT2D eigenvalue weighted by atomic mass is 16.2. The first-order valence-electron chi connectivity index (χ1n) is 6.26. The predicted molar refractivity (Wildman–Crippen MR) is 69.8 cm³/mol. The summed E-state index contributed by atoms with van der Waals surface area (Å²) in [5.41, 5.74) is 2.49. The van der Waals surface area contributed by atoms with Gasteiger partial charge >= 0.3 is 0 Å². The molecule has 16 heavy (non-hydrogen) atoms. The number of benzene rings is 1. The Hall–Kier alpha value is -1.02. The van der Waals surface area contributed by atoms with Crippen LogP contribution in [0.4, 0.5) is 5.69 Å². The first kappa shape index (κ1) is 13.0. The van der Waals surface area contributed by atoms with Crippen LogP contribution in [0, 0.1) is 0 Å². The van der Waals surface area contributed by atoms with E-state index in [1.165, 1.54) is 11.3 Å². The molecule has 0 saturated carbocycles. The van der Waals surface area contributed by atoms with Gasteiger partial charge in [0.25, 0.3) is 0 Å². The van der Waals surface area contributed by atoms with Crippen molar-refractivity contribution >= 4 is 5.69 Å². The van der Waals surface area contributed by atoms with Gasteiger partial charge in [0, 0.05) is 18.3 Å². The average Bonchev–Trinajstić information content (AvgIpc) is 2.34. The van der Waals surface area contributed by atoms with Crippen molar-refractivity contribution < 1.29 is 5.11 Å². The summed E-state index contributed by atoms with van der Waals surface area (Å²) in [6, 6.07) is 9.06. The minimum Gasteiger partial charge on any atom is -0.396 e. The predicted octanol–water partition coefficient (Wildman–Crippen LogP) is 3.21. The van der Waals surface area contributed by atoms with Gasteiger partial charge in [-0.2, -0.15) is 0 Å². The van der Waals surface area contributed by atoms with Crippen molar-refractivity contribution in [3.05, 3.63) is 29.8 Å². The van der Waals surface area contributed by atoms with E-state index in [0.717, 1.165) is 25.7 Å². The van der Waals surface area contributed by atoms with Crippen molar-refractivity contribution in [3.63, 3.8) is 0 Å². The minimum absolute atomic E-state index is 0.268. The Balaban J connectivity index is 2.59. The van der Waals surface area contributed by atoms with Crippen LogP contribution in [0.3, 0.4) is 0 Å². The Bertz CT molecular complexity index is 295. The molecule has 90 valence electrons. The normalized spacial score (nSPS) is 10.8. The Kier molecular flexibility index (Phi) is 5.94. The molecule has 0 aliphatic carbocycles. The molecule has 0 fully saturated rings. The Labute approximate surface area is 98.7 Å². The number of aliphatic hydroxyl groups is 1. The molecule has 0 atom stereocenters. The highest BCUT2D eigenvalue weighted by Crippen LogP contribution is 2.15. The second-order valence-electron chi connectivity index (χ2n) is 4.19. The molecule has 2 heteroatoms. The largest absolute Gasteiger partial charge is 0.396 e. The fraction of sp³-hybridized carbons (Fsp3) is 0.571. The quantitative estimate of drug-likeness (QED) is 0.741. The number of hydrogen-bond donors (Lipinski definition) is 2. The molecule has 2 N–H and O–H groups in total. The lowest BCUT2D eigenvalue weighted by molar-refractivity contribution is 0.288. The molecule has 0 amide bonds. The SMILES string of the molecule is CCC(CC)Nc1cccc(CCCO)c1. The Morgan fingerprint density at radius 1 is 1.25 bits per heavy atom. The molecule has 0 spiro atoms. The van der Waals surface area contributed by atoms with Gasteiger partial charge in [-0.15, -0.1) is 0 Å². The molecule has 1 rings (SSSR count). The van der Waals surface area contributed by atoms with Gasteiger partial charge in [-0.1, -0.05) is 26.0 Å². The molecule has 1 aromatic rings. The number of aryl methyl sites for hydroxylation is 1. The van der Waals surface area contributed by atoms with Gasteiger partial charge < -0.3 is 10.4 Å². The maximum atomic E-state index is 8.80. The highest BCUT2D eigenvalue weighted by molar-refractivity contribution is 5.46. The van der Waals surface area contributed by atoms with E-state index in [1.807, 2.05) is 0 Å². The number of aliphatic hydroxyl groups excluding tert-OH is 1. The van der Waals surface area contributed by atoms with Crippen LogP contribution in [0.25, 0.3) is 0 Å². The van der Waals surface area contributed by atoms with Gasteiger partial charge in [0.15, 0.2) is 0 Å². The molecule has 0 heterocycles. The number of nitrogens with one attached hydrogen (secondary N) is 1. The summed E-state index contributed by atoms with van der Waals surface area (Å²) < 4.78 is 0. The molecule has 0 saturated heterocycles. The van der Waals surface area contributed by atoms with Crippen LogP contribution in [-0.2, 0) is 6.42 Å². The molecule has 0 aliphatic heterocycles. The van der Waals surface area contributed by atoms with E-state index in [1.54, 1.807) is 0 Å². The Morgan fingerprint density at radius 2 is 2.00 bits per heavy atom. The van der Waals surface area contributed by atoms with Crippen LogP contribution >= 0.6 is 0 Å². The van der Waals surface area contributed by atoms with E-state index >= 15 is 0 Å². The van der Waals surface area contributed by atoms with Crippen molar-refractivity contribution in [2.75, 3.05) is 11.9 Å². The first-order valence-corrected chi connectivity index (χ1v) is 6.26. The number of hydrogen-bond acceptors (Lipinski definition) is 2. The van der Waals surface area contributed by atoms with E-state index in [2.05, 4.69) is 43.4 Å². The highest BCUT2D eigenvalue weighted by Gasteiger charge is 2.03. The zero-order chi connectivity index (χ0) is 11.8. The summed E-state index contributed by atoms with van der Waals surface area (Å²) in [5, 5.41) is 12.3. The zero-order valence-electron chi connectivity index (χ0n) is 10.4. The van der Waals surface area contributed by atoms with Crippen LogP contribution in [0.2, 0.25) is 0 Å². The van der Waals surface area contributed by atoms with E-state index in [-0.39, 0.29) is 6.61 Å². The molecule has 0 bridgehead atoms. The van der Waals surface area contributed by atoms with Crippen LogP contribution in [0.15, 0.2) is 24.3 Å². The van der Waals surface area contributed by atoms with E-state index in [0.29, 0.717) is 6.04 Å². The lowest BCUT2D eigenvalue weighted by Crippen LogP contribution is -2.16. The molecule has 0 aliphatic rings. The van der Waals surface area contributed by atoms with E-state index in [9.17, 15) is 0 Å². The maximum Gasteiger partial charge on any atom is 0.0434 e. The summed E-state index contributed by atoms with van der Waals surface area (Å²) in [4.78, 5) is 0. The van der Waals surface area contributed by atoms with Crippen molar-refractivity contribution in [1.82, 2.24) is 0 Å². The lowest BCUT2D eigenvalue weighted by Gasteiger charge is -2.16. The monoisotopic (exact) mass is 221 g/mol. The average molecular weight is 221 g/mol. The lowest BCUT2D eigenvalue weighted by atomic mass is 10.1. The van der Waals surface area contributed by atoms with Gasteiger partial charge in [-0.3, -0.25) is 0 Å². The second kappa shape index (κ2) is 7.29. The molecular formula is C14H23NO. The Morgan fingerprint density at radius 3 is 2.62 bits per heavy atom. The van der Waals surface area contributed by atoms with Gasteiger partial charge in [-0.25, -0.2) is 0 Å². The van der Waals surface area contributed by atoms with E-state index in [4.69, 9.17) is 5.11 Å². The smallest absolute Gasteiger partial charge is 0.0434 e. The third-order valence-electron chi connectivity index (χ3n) is 2.91. The topological polar surface area (TPSA) is 32.3 Å². The van der Waals surface area contributed by atoms with E-state index < -0.39 is 0 Å². The van der Waals surface area contributed by atoms with Gasteiger partial charge in [0.1, 0.15) is 0 Å². The molecular weight excluding hydrogens is 198 g/mol. The fourth-order valence-corrected chi connectivity index (χ4v) is 1.83. The third kappa shape index (κ3) is 4.23. The molecule has 0 aromatic heterocycles. The first-order chi connectivity index (χ1) is 7.80. The van der Waals surface area contributed by atoms with Crippen LogP contribution < -0.4 is 5.32 Å². The van der Waals surface area contributed by atoms with Crippen molar-refractivity contribution in [2.45, 2.75) is 45.6 Å². The van der Waals surface area contributed by atoms with Crippen molar-refractivity contribution in [1.29, 1.82) is 0 Å². The number of rotatable bonds is 7. The fourth-order valence-electron chi connectivity index (χ4n) is 1.83. The summed E-state index contributed by atoms with van der Waals surface area (Å²) in [6.07, 6.45) is 4.10. The van der Waals surface area contributed by atoms with Crippen LogP contribution in [-0.4, -0.2) is 17.8 Å². The van der Waals surface area contributed by atoms with Crippen molar-refractivity contribution in [3.8, 4) is 0 Å². The molecule has 2 nitrogen and oxygen atoms in total. The zero-order valence-corrected chi connectivity index (χ0v) is 10.4. The summed E-state index contributed by atoms with van der Waals surface area (Å²) >= 11 is 0. The molecule has 0 unspecified atom stereocenters. The second-order valence-corrected chi connectivity index (χ2v) is 4.19. The minimum atomic E-state index is 0.268. The molecule has 1 aromatic carbocycles. The molecule has 0 radical (unpaired) electrons. The van der Waals surface area contributed by atoms with Gasteiger partial charge in [-0.05, 0) is 43.4 Å². The summed E-state index contributed by atoms with van der Waals surface area (Å²) in [6.45, 7) is 4.68. The summed E-state index contributed by atoms with van der Waals surface area (Å²) in [5.74, 6) is 0.